The predicted molar refractivity (Wildman–Crippen MR) is 47.3 cm³/mol. The van der Waals surface area contributed by atoms with Gasteiger partial charge in [0.15, 0.2) is 0 Å². The molecule has 3 heteroatoms. The Balaban J connectivity index is 3.09. The molecule has 1 heterocycles. The number of aryl methyl sites for hydroxylation is 1. The van der Waals surface area contributed by atoms with Crippen LogP contribution in [0.1, 0.15) is 24.3 Å². The second-order valence-corrected chi connectivity index (χ2v) is 3.41. The van der Waals surface area contributed by atoms with E-state index in [4.69, 9.17) is 0 Å². The molecule has 60 valence electrons. The molecular weight excluding hydrogens is 206 g/mol. The first kappa shape index (κ1) is 8.68. The molecule has 1 unspecified atom stereocenters. The monoisotopic (exact) mass is 215 g/mol. The molecule has 1 atom stereocenters. The van der Waals surface area contributed by atoms with Crippen LogP contribution in [0.2, 0.25) is 0 Å². The van der Waals surface area contributed by atoms with E-state index in [1.54, 1.807) is 13.1 Å². The molecule has 0 fully saturated rings. The van der Waals surface area contributed by atoms with Crippen molar-refractivity contribution in [2.45, 2.75) is 20.0 Å². The van der Waals surface area contributed by atoms with Crippen molar-refractivity contribution < 1.29 is 5.11 Å². The van der Waals surface area contributed by atoms with Gasteiger partial charge in [0.25, 0.3) is 0 Å². The van der Waals surface area contributed by atoms with Crippen molar-refractivity contribution >= 4 is 15.9 Å². The zero-order valence-corrected chi connectivity index (χ0v) is 8.09. The van der Waals surface area contributed by atoms with Gasteiger partial charge in [0.05, 0.1) is 11.8 Å². The van der Waals surface area contributed by atoms with E-state index in [-0.39, 0.29) is 0 Å². The summed E-state index contributed by atoms with van der Waals surface area (Å²) in [6.45, 7) is 3.66. The van der Waals surface area contributed by atoms with Crippen molar-refractivity contribution in [1.29, 1.82) is 0 Å². The maximum Gasteiger partial charge on any atom is 0.0943 e. The fourth-order valence-corrected chi connectivity index (χ4v) is 1.65. The lowest BCUT2D eigenvalue weighted by Crippen LogP contribution is -1.96. The first-order valence-electron chi connectivity index (χ1n) is 3.41. The van der Waals surface area contributed by atoms with Crippen molar-refractivity contribution in [3.63, 3.8) is 0 Å². The summed E-state index contributed by atoms with van der Waals surface area (Å²) in [5.74, 6) is 0. The van der Waals surface area contributed by atoms with Crippen LogP contribution in [0, 0.1) is 6.92 Å². The van der Waals surface area contributed by atoms with Crippen LogP contribution in [0.15, 0.2) is 16.7 Å². The number of rotatable bonds is 1. The number of pyridine rings is 1. The van der Waals surface area contributed by atoms with E-state index in [2.05, 4.69) is 20.9 Å². The highest BCUT2D eigenvalue weighted by Crippen LogP contribution is 2.21. The molecule has 11 heavy (non-hydrogen) atoms. The second-order valence-electron chi connectivity index (χ2n) is 2.56. The highest BCUT2D eigenvalue weighted by atomic mass is 79.9. The standard InChI is InChI=1S/C8H10BrNO/c1-5-3-7(9)8(6(2)11)10-4-5/h3-4,6,11H,1-2H3. The van der Waals surface area contributed by atoms with Gasteiger partial charge in [0, 0.05) is 10.7 Å². The minimum absolute atomic E-state index is 0.509. The summed E-state index contributed by atoms with van der Waals surface area (Å²) >= 11 is 3.33. The number of aliphatic hydroxyl groups is 1. The summed E-state index contributed by atoms with van der Waals surface area (Å²) < 4.78 is 0.868. The molecule has 0 spiro atoms. The topological polar surface area (TPSA) is 33.1 Å². The van der Waals surface area contributed by atoms with Crippen LogP contribution in [0.5, 0.6) is 0 Å². The Bertz CT molecular complexity index is 260. The van der Waals surface area contributed by atoms with Crippen LogP contribution in [-0.4, -0.2) is 10.1 Å². The highest BCUT2D eigenvalue weighted by molar-refractivity contribution is 9.10. The summed E-state index contributed by atoms with van der Waals surface area (Å²) in [6.07, 6.45) is 1.23. The van der Waals surface area contributed by atoms with Gasteiger partial charge in [0.1, 0.15) is 0 Å². The normalized spacial score (nSPS) is 13.1. The Kier molecular flexibility index (Phi) is 2.62. The zero-order valence-electron chi connectivity index (χ0n) is 6.50. The molecule has 0 amide bonds. The molecule has 0 saturated carbocycles. The van der Waals surface area contributed by atoms with Crippen LogP contribution in [0.3, 0.4) is 0 Å². The van der Waals surface area contributed by atoms with Crippen molar-refractivity contribution in [3.8, 4) is 0 Å². The van der Waals surface area contributed by atoms with Gasteiger partial charge < -0.3 is 5.11 Å². The van der Waals surface area contributed by atoms with Crippen molar-refractivity contribution in [3.05, 3.63) is 28.0 Å². The second kappa shape index (κ2) is 3.32. The maximum absolute atomic E-state index is 9.20. The quantitative estimate of drug-likeness (QED) is 0.780. The lowest BCUT2D eigenvalue weighted by Gasteiger charge is -2.05. The Morgan fingerprint density at radius 2 is 2.27 bits per heavy atom. The van der Waals surface area contributed by atoms with Gasteiger partial charge >= 0.3 is 0 Å². The van der Waals surface area contributed by atoms with Crippen LogP contribution in [0.4, 0.5) is 0 Å². The molecule has 0 aliphatic heterocycles. The third-order valence-corrected chi connectivity index (χ3v) is 2.04. The van der Waals surface area contributed by atoms with Gasteiger partial charge in [0.2, 0.25) is 0 Å². The smallest absolute Gasteiger partial charge is 0.0943 e. The van der Waals surface area contributed by atoms with Crippen molar-refractivity contribution in [2.24, 2.45) is 0 Å². The molecule has 0 saturated heterocycles. The van der Waals surface area contributed by atoms with E-state index < -0.39 is 6.10 Å². The largest absolute Gasteiger partial charge is 0.387 e. The lowest BCUT2D eigenvalue weighted by atomic mass is 10.2. The number of aliphatic hydroxyl groups excluding tert-OH is 1. The fraction of sp³-hybridized carbons (Fsp3) is 0.375. The van der Waals surface area contributed by atoms with E-state index in [1.807, 2.05) is 13.0 Å². The number of hydrogen-bond acceptors (Lipinski definition) is 2. The van der Waals surface area contributed by atoms with Crippen LogP contribution in [-0.2, 0) is 0 Å². The summed E-state index contributed by atoms with van der Waals surface area (Å²) in [5.41, 5.74) is 1.77. The first-order valence-corrected chi connectivity index (χ1v) is 4.20. The molecule has 0 aromatic carbocycles. The highest BCUT2D eigenvalue weighted by Gasteiger charge is 2.06. The third kappa shape index (κ3) is 2.01. The molecule has 0 aliphatic rings. The molecule has 0 aliphatic carbocycles. The Morgan fingerprint density at radius 1 is 1.64 bits per heavy atom. The van der Waals surface area contributed by atoms with Gasteiger partial charge in [-0.3, -0.25) is 4.98 Å². The average molecular weight is 216 g/mol. The predicted octanol–water partition coefficient (Wildman–Crippen LogP) is 2.21. The molecule has 1 rings (SSSR count). The van der Waals surface area contributed by atoms with Crippen molar-refractivity contribution in [1.82, 2.24) is 4.98 Å². The summed E-state index contributed by atoms with van der Waals surface area (Å²) in [5, 5.41) is 9.20. The molecule has 1 N–H and O–H groups in total. The third-order valence-electron chi connectivity index (χ3n) is 1.40. The molecule has 2 nitrogen and oxygen atoms in total. The number of hydrogen-bond donors (Lipinski definition) is 1. The van der Waals surface area contributed by atoms with Crippen molar-refractivity contribution in [2.75, 3.05) is 0 Å². The minimum Gasteiger partial charge on any atom is -0.387 e. The number of halogens is 1. The number of nitrogens with zero attached hydrogens (tertiary/aromatic N) is 1. The molecular formula is C8H10BrNO. The van der Waals surface area contributed by atoms with Gasteiger partial charge in [-0.25, -0.2) is 0 Å². The van der Waals surface area contributed by atoms with E-state index in [0.29, 0.717) is 5.69 Å². The Morgan fingerprint density at radius 3 is 2.73 bits per heavy atom. The van der Waals surface area contributed by atoms with Gasteiger partial charge in [-0.05, 0) is 41.4 Å². The van der Waals surface area contributed by atoms with Gasteiger partial charge in [-0.2, -0.15) is 0 Å². The summed E-state index contributed by atoms with van der Waals surface area (Å²) in [6, 6.07) is 1.94. The Hall–Kier alpha value is -0.410. The minimum atomic E-state index is -0.509. The van der Waals surface area contributed by atoms with Gasteiger partial charge in [-0.1, -0.05) is 0 Å². The van der Waals surface area contributed by atoms with E-state index >= 15 is 0 Å². The van der Waals surface area contributed by atoms with Crippen LogP contribution in [0.25, 0.3) is 0 Å². The summed E-state index contributed by atoms with van der Waals surface area (Å²) in [7, 11) is 0. The van der Waals surface area contributed by atoms with Crippen LogP contribution >= 0.6 is 15.9 Å². The fourth-order valence-electron chi connectivity index (χ4n) is 0.852. The zero-order chi connectivity index (χ0) is 8.43. The van der Waals surface area contributed by atoms with Gasteiger partial charge in [-0.15, -0.1) is 0 Å². The molecule has 1 aromatic heterocycles. The number of aromatic nitrogens is 1. The van der Waals surface area contributed by atoms with E-state index in [1.165, 1.54) is 0 Å². The molecule has 0 bridgehead atoms. The maximum atomic E-state index is 9.20. The SMILES string of the molecule is Cc1cnc(C(C)O)c(Br)c1. The molecule has 0 radical (unpaired) electrons. The van der Waals surface area contributed by atoms with Crippen LogP contribution < -0.4 is 0 Å². The average Bonchev–Trinajstić information content (AvgIpc) is 1.85. The van der Waals surface area contributed by atoms with E-state index in [0.717, 1.165) is 10.0 Å². The summed E-state index contributed by atoms with van der Waals surface area (Å²) in [4.78, 5) is 4.08. The first-order chi connectivity index (χ1) is 5.11. The lowest BCUT2D eigenvalue weighted by molar-refractivity contribution is 0.193. The van der Waals surface area contributed by atoms with E-state index in [9.17, 15) is 5.11 Å². The Labute approximate surface area is 74.4 Å². The molecule has 1 aromatic rings.